The molecule has 1 aliphatic rings. The number of piperazine rings is 1. The van der Waals surface area contributed by atoms with Crippen LogP contribution in [0.15, 0.2) is 48.8 Å². The van der Waals surface area contributed by atoms with Crippen molar-refractivity contribution in [1.29, 1.82) is 0 Å². The molecule has 0 atom stereocenters. The van der Waals surface area contributed by atoms with E-state index in [2.05, 4.69) is 20.1 Å². The fraction of sp³-hybridized carbons (Fsp3) is 0.286. The molecule has 0 unspecified atom stereocenters. The number of hydrogen-bond acceptors (Lipinski definition) is 5. The zero-order valence-electron chi connectivity index (χ0n) is 16.4. The lowest BCUT2D eigenvalue weighted by molar-refractivity contribution is -0.137. The van der Waals surface area contributed by atoms with Crippen molar-refractivity contribution in [3.05, 3.63) is 65.5 Å². The second kappa shape index (κ2) is 8.38. The number of hydrogen-bond donors (Lipinski definition) is 2. The predicted molar refractivity (Wildman–Crippen MR) is 108 cm³/mol. The number of carbonyl (C=O) groups is 1. The van der Waals surface area contributed by atoms with Crippen molar-refractivity contribution in [3.63, 3.8) is 0 Å². The number of alkyl halides is 3. The van der Waals surface area contributed by atoms with Crippen LogP contribution in [-0.2, 0) is 12.7 Å². The normalized spacial score (nSPS) is 15.3. The van der Waals surface area contributed by atoms with Gasteiger partial charge in [-0.1, -0.05) is 12.1 Å². The van der Waals surface area contributed by atoms with Crippen LogP contribution in [0.4, 0.5) is 19.0 Å². The highest BCUT2D eigenvalue weighted by atomic mass is 19.4. The Kier molecular flexibility index (Phi) is 5.64. The first kappa shape index (κ1) is 20.9. The van der Waals surface area contributed by atoms with Crippen molar-refractivity contribution in [3.8, 4) is 11.3 Å². The molecule has 10 heteroatoms. The molecule has 0 spiro atoms. The van der Waals surface area contributed by atoms with Gasteiger partial charge in [0.2, 0.25) is 0 Å². The fourth-order valence-electron chi connectivity index (χ4n) is 3.58. The van der Waals surface area contributed by atoms with E-state index < -0.39 is 17.7 Å². The summed E-state index contributed by atoms with van der Waals surface area (Å²) in [6.07, 6.45) is -1.76. The second-order valence-electron chi connectivity index (χ2n) is 7.32. The molecule has 1 fully saturated rings. The van der Waals surface area contributed by atoms with Gasteiger partial charge in [-0.05, 0) is 29.8 Å². The van der Waals surface area contributed by atoms with Crippen LogP contribution in [0.1, 0.15) is 21.5 Å². The third-order valence-electron chi connectivity index (χ3n) is 5.30. The zero-order valence-corrected chi connectivity index (χ0v) is 16.4. The van der Waals surface area contributed by atoms with Gasteiger partial charge >= 0.3 is 12.1 Å². The third kappa shape index (κ3) is 4.69. The number of anilines is 1. The molecule has 1 saturated heterocycles. The smallest absolute Gasteiger partial charge is 0.417 e. The molecule has 1 aliphatic heterocycles. The molecule has 7 nitrogen and oxygen atoms in total. The van der Waals surface area contributed by atoms with E-state index in [9.17, 15) is 18.0 Å². The molecule has 31 heavy (non-hydrogen) atoms. The summed E-state index contributed by atoms with van der Waals surface area (Å²) in [5, 5.41) is 16.2. The summed E-state index contributed by atoms with van der Waals surface area (Å²) >= 11 is 0. The minimum absolute atomic E-state index is 0.220. The standard InChI is InChI=1S/C21H20F3N5O2/c22-21(23,24)17-5-6-18(25-12-17)29-9-7-28(8-10-29)13-16-11-26-27-19(16)14-1-3-15(4-2-14)20(30)31/h1-6,11-12H,7-10,13H2,(H,26,27)(H,30,31). The number of aromatic carboxylic acids is 1. The van der Waals surface area contributed by atoms with Gasteiger partial charge in [0.15, 0.2) is 0 Å². The van der Waals surface area contributed by atoms with E-state index in [0.29, 0.717) is 25.5 Å². The molecule has 1 aromatic carbocycles. The molecule has 0 saturated carbocycles. The molecule has 3 heterocycles. The summed E-state index contributed by atoms with van der Waals surface area (Å²) in [5.74, 6) is -0.438. The maximum atomic E-state index is 12.7. The Hall–Kier alpha value is -3.40. The summed E-state index contributed by atoms with van der Waals surface area (Å²) in [6, 6.07) is 9.06. The van der Waals surface area contributed by atoms with Crippen LogP contribution < -0.4 is 4.90 Å². The van der Waals surface area contributed by atoms with Crippen LogP contribution in [0.25, 0.3) is 11.3 Å². The largest absolute Gasteiger partial charge is 0.478 e. The van der Waals surface area contributed by atoms with Crippen molar-refractivity contribution in [2.75, 3.05) is 31.1 Å². The van der Waals surface area contributed by atoms with Crippen LogP contribution in [-0.4, -0.2) is 57.3 Å². The molecule has 2 N–H and O–H groups in total. The number of aromatic nitrogens is 3. The van der Waals surface area contributed by atoms with E-state index in [1.165, 1.54) is 6.07 Å². The number of benzene rings is 1. The highest BCUT2D eigenvalue weighted by Gasteiger charge is 2.31. The molecular weight excluding hydrogens is 411 g/mol. The topological polar surface area (TPSA) is 85.3 Å². The number of rotatable bonds is 5. The predicted octanol–water partition coefficient (Wildman–Crippen LogP) is 3.51. The van der Waals surface area contributed by atoms with Crippen LogP contribution >= 0.6 is 0 Å². The number of carboxylic acid groups (broad SMARTS) is 1. The van der Waals surface area contributed by atoms with E-state index in [1.54, 1.807) is 30.5 Å². The number of carboxylic acids is 1. The first-order valence-electron chi connectivity index (χ1n) is 9.68. The summed E-state index contributed by atoms with van der Waals surface area (Å²) in [6.45, 7) is 3.41. The molecule has 0 amide bonds. The van der Waals surface area contributed by atoms with Crippen molar-refractivity contribution < 1.29 is 23.1 Å². The number of nitrogens with one attached hydrogen (secondary N) is 1. The molecule has 4 rings (SSSR count). The van der Waals surface area contributed by atoms with Crippen molar-refractivity contribution in [2.45, 2.75) is 12.7 Å². The van der Waals surface area contributed by atoms with E-state index in [4.69, 9.17) is 5.11 Å². The second-order valence-corrected chi connectivity index (χ2v) is 7.32. The van der Waals surface area contributed by atoms with Crippen LogP contribution in [0.5, 0.6) is 0 Å². The maximum Gasteiger partial charge on any atom is 0.417 e. The van der Waals surface area contributed by atoms with Crippen molar-refractivity contribution >= 4 is 11.8 Å². The molecule has 0 radical (unpaired) electrons. The van der Waals surface area contributed by atoms with Gasteiger partial charge in [-0.15, -0.1) is 0 Å². The molecule has 0 bridgehead atoms. The molecule has 162 valence electrons. The average molecular weight is 431 g/mol. The van der Waals surface area contributed by atoms with Gasteiger partial charge in [0.1, 0.15) is 5.82 Å². The highest BCUT2D eigenvalue weighted by molar-refractivity contribution is 5.88. The van der Waals surface area contributed by atoms with Gasteiger partial charge in [-0.25, -0.2) is 9.78 Å². The van der Waals surface area contributed by atoms with Crippen molar-refractivity contribution in [2.24, 2.45) is 0 Å². The van der Waals surface area contributed by atoms with Gasteiger partial charge in [0, 0.05) is 44.5 Å². The first-order valence-corrected chi connectivity index (χ1v) is 9.68. The van der Waals surface area contributed by atoms with E-state index in [-0.39, 0.29) is 5.56 Å². The minimum Gasteiger partial charge on any atom is -0.478 e. The van der Waals surface area contributed by atoms with Gasteiger partial charge < -0.3 is 10.0 Å². The van der Waals surface area contributed by atoms with E-state index >= 15 is 0 Å². The monoisotopic (exact) mass is 431 g/mol. The number of nitrogens with zero attached hydrogens (tertiary/aromatic N) is 4. The molecule has 0 aliphatic carbocycles. The first-order chi connectivity index (χ1) is 14.8. The van der Waals surface area contributed by atoms with Crippen LogP contribution in [0, 0.1) is 0 Å². The van der Waals surface area contributed by atoms with Crippen LogP contribution in [0.3, 0.4) is 0 Å². The number of H-pyrrole nitrogens is 1. The van der Waals surface area contributed by atoms with Gasteiger partial charge in [-0.3, -0.25) is 10.00 Å². The molecule has 2 aromatic heterocycles. The summed E-state index contributed by atoms with van der Waals surface area (Å²) in [7, 11) is 0. The highest BCUT2D eigenvalue weighted by Crippen LogP contribution is 2.29. The minimum atomic E-state index is -4.39. The lowest BCUT2D eigenvalue weighted by atomic mass is 10.1. The Balaban J connectivity index is 1.38. The summed E-state index contributed by atoms with van der Waals surface area (Å²) in [5.41, 5.74) is 2.15. The van der Waals surface area contributed by atoms with Gasteiger partial charge in [0.05, 0.1) is 23.0 Å². The van der Waals surface area contributed by atoms with Crippen molar-refractivity contribution in [1.82, 2.24) is 20.1 Å². The summed E-state index contributed by atoms with van der Waals surface area (Å²) < 4.78 is 38.1. The fourth-order valence-corrected chi connectivity index (χ4v) is 3.58. The summed E-state index contributed by atoms with van der Waals surface area (Å²) in [4.78, 5) is 19.2. The quantitative estimate of drug-likeness (QED) is 0.643. The Labute approximate surface area is 176 Å². The Morgan fingerprint density at radius 3 is 2.32 bits per heavy atom. The number of halogens is 3. The van der Waals surface area contributed by atoms with E-state index in [1.807, 2.05) is 4.90 Å². The van der Waals surface area contributed by atoms with Gasteiger partial charge in [0.25, 0.3) is 0 Å². The lowest BCUT2D eigenvalue weighted by Crippen LogP contribution is -2.46. The molecular formula is C21H20F3N5O2. The lowest BCUT2D eigenvalue weighted by Gasteiger charge is -2.35. The maximum absolute atomic E-state index is 12.7. The molecule has 3 aromatic rings. The van der Waals surface area contributed by atoms with Gasteiger partial charge in [-0.2, -0.15) is 18.3 Å². The van der Waals surface area contributed by atoms with Crippen LogP contribution in [0.2, 0.25) is 0 Å². The third-order valence-corrected chi connectivity index (χ3v) is 5.30. The Morgan fingerprint density at radius 1 is 1.03 bits per heavy atom. The SMILES string of the molecule is O=C(O)c1ccc(-c2[nH]ncc2CN2CCN(c3ccc(C(F)(F)F)cn3)CC2)cc1. The number of aromatic amines is 1. The number of pyridine rings is 1. The van der Waals surface area contributed by atoms with E-state index in [0.717, 1.165) is 42.2 Å². The Bertz CT molecular complexity index is 1040. The Morgan fingerprint density at radius 2 is 1.74 bits per heavy atom. The zero-order chi connectivity index (χ0) is 22.0. The average Bonchev–Trinajstić information content (AvgIpc) is 3.22.